The summed E-state index contributed by atoms with van der Waals surface area (Å²) in [4.78, 5) is 0. The van der Waals surface area contributed by atoms with Crippen LogP contribution in [0.1, 0.15) is 38.5 Å². The van der Waals surface area contributed by atoms with Crippen LogP contribution in [0.4, 0.5) is 4.39 Å². The summed E-state index contributed by atoms with van der Waals surface area (Å²) in [5.41, 5.74) is 0. The molecule has 0 aromatic heterocycles. The Balaban J connectivity index is 1.59. The second kappa shape index (κ2) is 7.85. The van der Waals surface area contributed by atoms with Gasteiger partial charge < -0.3 is 10.1 Å². The fraction of sp³-hybridized carbons (Fsp3) is 0.600. The molecule has 19 heavy (non-hydrogen) atoms. The van der Waals surface area contributed by atoms with E-state index in [1.165, 1.54) is 38.2 Å². The molecule has 0 amide bonds. The average molecular weight is 330 g/mol. The van der Waals surface area contributed by atoms with Crippen molar-refractivity contribution in [3.8, 4) is 5.75 Å². The van der Waals surface area contributed by atoms with Crippen LogP contribution in [-0.2, 0) is 0 Å². The highest BCUT2D eigenvalue weighted by Crippen LogP contribution is 2.21. The van der Waals surface area contributed by atoms with Crippen LogP contribution in [0.2, 0.25) is 0 Å². The SMILES string of the molecule is Fc1cc(OCCCNC2CCCCC2)ccc1Br. The maximum atomic E-state index is 13.3. The maximum Gasteiger partial charge on any atom is 0.141 e. The number of ether oxygens (including phenoxy) is 1. The highest BCUT2D eigenvalue weighted by molar-refractivity contribution is 9.10. The van der Waals surface area contributed by atoms with E-state index in [-0.39, 0.29) is 5.82 Å². The van der Waals surface area contributed by atoms with E-state index in [0.29, 0.717) is 22.9 Å². The molecule has 0 bridgehead atoms. The van der Waals surface area contributed by atoms with Crippen LogP contribution >= 0.6 is 15.9 Å². The Kier molecular flexibility index (Phi) is 6.11. The zero-order valence-electron chi connectivity index (χ0n) is 11.1. The number of benzene rings is 1. The van der Waals surface area contributed by atoms with E-state index >= 15 is 0 Å². The van der Waals surface area contributed by atoms with Crippen molar-refractivity contribution in [1.29, 1.82) is 0 Å². The van der Waals surface area contributed by atoms with Gasteiger partial charge in [0.05, 0.1) is 11.1 Å². The van der Waals surface area contributed by atoms with Crippen LogP contribution in [0.25, 0.3) is 0 Å². The number of hydrogen-bond donors (Lipinski definition) is 1. The molecule has 0 aliphatic heterocycles. The fourth-order valence-corrected chi connectivity index (χ4v) is 2.69. The number of nitrogens with one attached hydrogen (secondary N) is 1. The molecule has 0 radical (unpaired) electrons. The molecule has 1 aliphatic rings. The molecule has 0 saturated heterocycles. The lowest BCUT2D eigenvalue weighted by Crippen LogP contribution is -2.32. The molecule has 1 saturated carbocycles. The topological polar surface area (TPSA) is 21.3 Å². The molecular formula is C15H21BrFNO. The third-order valence-electron chi connectivity index (χ3n) is 3.52. The Bertz CT molecular complexity index is 394. The van der Waals surface area contributed by atoms with Gasteiger partial charge in [0, 0.05) is 12.1 Å². The van der Waals surface area contributed by atoms with Gasteiger partial charge in [-0.3, -0.25) is 0 Å². The molecule has 0 heterocycles. The minimum absolute atomic E-state index is 0.280. The van der Waals surface area contributed by atoms with Crippen molar-refractivity contribution in [3.05, 3.63) is 28.5 Å². The predicted molar refractivity (Wildman–Crippen MR) is 79.1 cm³/mol. The average Bonchev–Trinajstić information content (AvgIpc) is 2.43. The molecule has 0 atom stereocenters. The lowest BCUT2D eigenvalue weighted by Gasteiger charge is -2.22. The molecule has 4 heteroatoms. The van der Waals surface area contributed by atoms with E-state index in [4.69, 9.17) is 4.74 Å². The summed E-state index contributed by atoms with van der Waals surface area (Å²) >= 11 is 3.13. The Morgan fingerprint density at radius 3 is 2.79 bits per heavy atom. The van der Waals surface area contributed by atoms with Crippen LogP contribution in [0.15, 0.2) is 22.7 Å². The van der Waals surface area contributed by atoms with Gasteiger partial charge >= 0.3 is 0 Å². The first-order valence-electron chi connectivity index (χ1n) is 7.07. The van der Waals surface area contributed by atoms with Gasteiger partial charge in [0.15, 0.2) is 0 Å². The number of rotatable bonds is 6. The molecule has 106 valence electrons. The van der Waals surface area contributed by atoms with Crippen molar-refractivity contribution in [2.24, 2.45) is 0 Å². The van der Waals surface area contributed by atoms with Crippen molar-refractivity contribution in [2.75, 3.05) is 13.2 Å². The maximum absolute atomic E-state index is 13.3. The monoisotopic (exact) mass is 329 g/mol. The molecule has 1 aromatic rings. The second-order valence-corrected chi connectivity index (χ2v) is 5.92. The molecule has 1 aliphatic carbocycles. The van der Waals surface area contributed by atoms with E-state index in [1.54, 1.807) is 12.1 Å². The van der Waals surface area contributed by atoms with Gasteiger partial charge in [-0.05, 0) is 53.9 Å². The van der Waals surface area contributed by atoms with Gasteiger partial charge in [-0.15, -0.1) is 0 Å². The first-order chi connectivity index (χ1) is 9.25. The first-order valence-corrected chi connectivity index (χ1v) is 7.86. The van der Waals surface area contributed by atoms with Gasteiger partial charge in [0.2, 0.25) is 0 Å². The molecule has 0 spiro atoms. The zero-order valence-corrected chi connectivity index (χ0v) is 12.7. The van der Waals surface area contributed by atoms with Crippen LogP contribution in [0.5, 0.6) is 5.75 Å². The smallest absolute Gasteiger partial charge is 0.141 e. The summed E-state index contributed by atoms with van der Waals surface area (Å²) in [6.45, 7) is 1.60. The second-order valence-electron chi connectivity index (χ2n) is 5.07. The van der Waals surface area contributed by atoms with Crippen molar-refractivity contribution in [1.82, 2.24) is 5.32 Å². The first kappa shape index (κ1) is 14.8. The molecule has 0 unspecified atom stereocenters. The van der Waals surface area contributed by atoms with Gasteiger partial charge in [-0.25, -0.2) is 4.39 Å². The quantitative estimate of drug-likeness (QED) is 0.786. The normalized spacial score (nSPS) is 16.5. The van der Waals surface area contributed by atoms with E-state index in [2.05, 4.69) is 21.2 Å². The van der Waals surface area contributed by atoms with E-state index in [1.807, 2.05) is 0 Å². The Morgan fingerprint density at radius 2 is 2.05 bits per heavy atom. The lowest BCUT2D eigenvalue weighted by molar-refractivity contribution is 0.295. The molecule has 1 fully saturated rings. The largest absolute Gasteiger partial charge is 0.493 e. The van der Waals surface area contributed by atoms with Crippen molar-refractivity contribution >= 4 is 15.9 Å². The van der Waals surface area contributed by atoms with Crippen molar-refractivity contribution in [2.45, 2.75) is 44.6 Å². The predicted octanol–water partition coefficient (Wildman–Crippen LogP) is 4.28. The summed E-state index contributed by atoms with van der Waals surface area (Å²) in [5, 5.41) is 3.57. The standard InChI is InChI=1S/C15H21BrFNO/c16-14-8-7-13(11-15(14)17)19-10-4-9-18-12-5-2-1-3-6-12/h7-8,11-12,18H,1-6,9-10H2. The Morgan fingerprint density at radius 1 is 1.26 bits per heavy atom. The Hall–Kier alpha value is -0.610. The van der Waals surface area contributed by atoms with E-state index in [9.17, 15) is 4.39 Å². The summed E-state index contributed by atoms with van der Waals surface area (Å²) in [7, 11) is 0. The summed E-state index contributed by atoms with van der Waals surface area (Å²) in [6.07, 6.45) is 7.65. The van der Waals surface area contributed by atoms with Gasteiger partial charge in [0.25, 0.3) is 0 Å². The molecule has 1 N–H and O–H groups in total. The molecule has 1 aromatic carbocycles. The van der Waals surface area contributed by atoms with E-state index < -0.39 is 0 Å². The van der Waals surface area contributed by atoms with Crippen LogP contribution in [0, 0.1) is 5.82 Å². The summed E-state index contributed by atoms with van der Waals surface area (Å²) in [6, 6.07) is 5.56. The van der Waals surface area contributed by atoms with Crippen LogP contribution < -0.4 is 10.1 Å². The van der Waals surface area contributed by atoms with Gasteiger partial charge in [-0.1, -0.05) is 19.3 Å². The van der Waals surface area contributed by atoms with Crippen LogP contribution in [0.3, 0.4) is 0 Å². The number of halogens is 2. The summed E-state index contributed by atoms with van der Waals surface area (Å²) in [5.74, 6) is 0.316. The van der Waals surface area contributed by atoms with Gasteiger partial charge in [-0.2, -0.15) is 0 Å². The Labute approximate surface area is 122 Å². The number of hydrogen-bond acceptors (Lipinski definition) is 2. The van der Waals surface area contributed by atoms with Crippen molar-refractivity contribution < 1.29 is 9.13 Å². The fourth-order valence-electron chi connectivity index (χ4n) is 2.44. The molecular weight excluding hydrogens is 309 g/mol. The molecule has 2 rings (SSSR count). The molecule has 2 nitrogen and oxygen atoms in total. The highest BCUT2D eigenvalue weighted by Gasteiger charge is 2.11. The van der Waals surface area contributed by atoms with Crippen LogP contribution in [-0.4, -0.2) is 19.2 Å². The minimum Gasteiger partial charge on any atom is -0.493 e. The zero-order chi connectivity index (χ0) is 13.5. The third-order valence-corrected chi connectivity index (χ3v) is 4.16. The minimum atomic E-state index is -0.280. The highest BCUT2D eigenvalue weighted by atomic mass is 79.9. The lowest BCUT2D eigenvalue weighted by atomic mass is 9.95. The third kappa shape index (κ3) is 5.11. The summed E-state index contributed by atoms with van der Waals surface area (Å²) < 4.78 is 19.3. The van der Waals surface area contributed by atoms with E-state index in [0.717, 1.165) is 13.0 Å². The van der Waals surface area contributed by atoms with Gasteiger partial charge in [0.1, 0.15) is 11.6 Å². The van der Waals surface area contributed by atoms with Crippen molar-refractivity contribution in [3.63, 3.8) is 0 Å².